The van der Waals surface area contributed by atoms with Gasteiger partial charge in [0.15, 0.2) is 6.79 Å². The normalized spacial score (nSPS) is 18.3. The lowest BCUT2D eigenvalue weighted by Gasteiger charge is -2.33. The van der Waals surface area contributed by atoms with E-state index < -0.39 is 0 Å². The second-order valence-electron chi connectivity index (χ2n) is 4.39. The lowest BCUT2D eigenvalue weighted by Crippen LogP contribution is -2.40. The largest absolute Gasteiger partial charge is 0.422 e. The molecular weight excluding hydrogens is 194 g/mol. The Hall–Kier alpha value is -0.770. The zero-order chi connectivity index (χ0) is 11.3. The number of carbonyl (C=O) groups excluding carboxylic acids is 1. The fourth-order valence-electron chi connectivity index (χ4n) is 1.95. The number of ether oxygens (including phenoxy) is 2. The molecular formula is C11H21NO3. The molecule has 4 nitrogen and oxygen atoms in total. The average molecular weight is 215 g/mol. The van der Waals surface area contributed by atoms with Gasteiger partial charge >= 0.3 is 6.09 Å². The van der Waals surface area contributed by atoms with Crippen LogP contribution in [0.4, 0.5) is 4.79 Å². The summed E-state index contributed by atoms with van der Waals surface area (Å²) >= 11 is 0. The molecule has 0 aliphatic carbocycles. The van der Waals surface area contributed by atoms with E-state index in [2.05, 4.69) is 13.8 Å². The Labute approximate surface area is 91.5 Å². The molecule has 4 heteroatoms. The summed E-state index contributed by atoms with van der Waals surface area (Å²) in [6, 6.07) is 0. The Morgan fingerprint density at radius 3 is 2.47 bits per heavy atom. The lowest BCUT2D eigenvalue weighted by atomic mass is 9.87. The van der Waals surface area contributed by atoms with Crippen molar-refractivity contribution in [3.05, 3.63) is 0 Å². The Bertz CT molecular complexity index is 198. The molecule has 1 aliphatic rings. The summed E-state index contributed by atoms with van der Waals surface area (Å²) in [6.45, 7) is 6.15. The third-order valence-corrected chi connectivity index (χ3v) is 3.04. The molecule has 1 aliphatic heterocycles. The number of hydrogen-bond donors (Lipinski definition) is 0. The van der Waals surface area contributed by atoms with Crippen LogP contribution in [-0.2, 0) is 9.47 Å². The maximum absolute atomic E-state index is 11.5. The van der Waals surface area contributed by atoms with Gasteiger partial charge < -0.3 is 14.4 Å². The van der Waals surface area contributed by atoms with Crippen molar-refractivity contribution >= 4 is 6.09 Å². The fraction of sp³-hybridized carbons (Fsp3) is 0.909. The van der Waals surface area contributed by atoms with Crippen LogP contribution in [0.1, 0.15) is 26.7 Å². The van der Waals surface area contributed by atoms with Crippen molar-refractivity contribution in [2.75, 3.05) is 27.0 Å². The molecule has 0 unspecified atom stereocenters. The van der Waals surface area contributed by atoms with Crippen LogP contribution in [0.15, 0.2) is 0 Å². The monoisotopic (exact) mass is 215 g/mol. The van der Waals surface area contributed by atoms with Crippen LogP contribution < -0.4 is 0 Å². The molecule has 1 heterocycles. The summed E-state index contributed by atoms with van der Waals surface area (Å²) in [4.78, 5) is 13.2. The maximum atomic E-state index is 11.5. The number of nitrogens with zero attached hydrogens (tertiary/aromatic N) is 1. The van der Waals surface area contributed by atoms with E-state index in [4.69, 9.17) is 9.47 Å². The van der Waals surface area contributed by atoms with E-state index in [1.807, 2.05) is 0 Å². The summed E-state index contributed by atoms with van der Waals surface area (Å²) in [7, 11) is 1.51. The molecule has 1 amide bonds. The van der Waals surface area contributed by atoms with E-state index in [9.17, 15) is 4.79 Å². The van der Waals surface area contributed by atoms with Gasteiger partial charge in [0.1, 0.15) is 0 Å². The minimum absolute atomic E-state index is 0.0446. The van der Waals surface area contributed by atoms with Crippen LogP contribution in [0.3, 0.4) is 0 Å². The van der Waals surface area contributed by atoms with Crippen LogP contribution in [0.5, 0.6) is 0 Å². The van der Waals surface area contributed by atoms with Gasteiger partial charge in [-0.25, -0.2) is 4.79 Å². The minimum atomic E-state index is -0.251. The van der Waals surface area contributed by atoms with Crippen molar-refractivity contribution in [2.24, 2.45) is 11.8 Å². The molecule has 88 valence electrons. The van der Waals surface area contributed by atoms with Crippen molar-refractivity contribution in [3.8, 4) is 0 Å². The third kappa shape index (κ3) is 3.70. The molecule has 0 radical (unpaired) electrons. The number of likely N-dealkylation sites (tertiary alicyclic amines) is 1. The molecule has 1 rings (SSSR count). The quantitative estimate of drug-likeness (QED) is 0.677. The van der Waals surface area contributed by atoms with Crippen molar-refractivity contribution < 1.29 is 14.3 Å². The molecule has 0 spiro atoms. The van der Waals surface area contributed by atoms with Crippen molar-refractivity contribution in [2.45, 2.75) is 26.7 Å². The van der Waals surface area contributed by atoms with Gasteiger partial charge in [0, 0.05) is 20.2 Å². The van der Waals surface area contributed by atoms with E-state index in [0.29, 0.717) is 5.92 Å². The van der Waals surface area contributed by atoms with Crippen LogP contribution in [0.2, 0.25) is 0 Å². The Morgan fingerprint density at radius 1 is 1.40 bits per heavy atom. The lowest BCUT2D eigenvalue weighted by molar-refractivity contribution is -0.00906. The topological polar surface area (TPSA) is 38.8 Å². The van der Waals surface area contributed by atoms with Crippen LogP contribution in [0, 0.1) is 11.8 Å². The summed E-state index contributed by atoms with van der Waals surface area (Å²) in [5.41, 5.74) is 0. The van der Waals surface area contributed by atoms with E-state index in [1.54, 1.807) is 4.90 Å². The zero-order valence-electron chi connectivity index (χ0n) is 9.86. The molecule has 1 fully saturated rings. The molecule has 1 saturated heterocycles. The highest BCUT2D eigenvalue weighted by Crippen LogP contribution is 2.24. The molecule has 0 aromatic rings. The first-order valence-corrected chi connectivity index (χ1v) is 5.55. The molecule has 0 N–H and O–H groups in total. The molecule has 0 atom stereocenters. The number of carbonyl (C=O) groups is 1. The van der Waals surface area contributed by atoms with Gasteiger partial charge in [-0.2, -0.15) is 0 Å². The summed E-state index contributed by atoms with van der Waals surface area (Å²) in [6.07, 6.45) is 1.92. The van der Waals surface area contributed by atoms with Gasteiger partial charge in [-0.15, -0.1) is 0 Å². The number of rotatable bonds is 3. The second kappa shape index (κ2) is 5.95. The van der Waals surface area contributed by atoms with E-state index in [-0.39, 0.29) is 12.9 Å². The van der Waals surface area contributed by atoms with Crippen molar-refractivity contribution in [3.63, 3.8) is 0 Å². The predicted octanol–water partition coefficient (Wildman–Crippen LogP) is 2.09. The molecule has 0 bridgehead atoms. The summed E-state index contributed by atoms with van der Waals surface area (Å²) < 4.78 is 9.58. The first-order chi connectivity index (χ1) is 7.15. The van der Waals surface area contributed by atoms with E-state index in [0.717, 1.165) is 31.8 Å². The van der Waals surface area contributed by atoms with Crippen LogP contribution in [-0.4, -0.2) is 38.0 Å². The minimum Gasteiger partial charge on any atom is -0.422 e. The maximum Gasteiger partial charge on any atom is 0.411 e. The highest BCUT2D eigenvalue weighted by Gasteiger charge is 2.25. The van der Waals surface area contributed by atoms with Gasteiger partial charge in [-0.05, 0) is 24.7 Å². The van der Waals surface area contributed by atoms with Gasteiger partial charge in [-0.3, -0.25) is 0 Å². The zero-order valence-corrected chi connectivity index (χ0v) is 9.86. The van der Waals surface area contributed by atoms with Crippen molar-refractivity contribution in [1.29, 1.82) is 0 Å². The number of piperidine rings is 1. The molecule has 0 saturated carbocycles. The SMILES string of the molecule is COCOC(=O)N1CCC(C(C)C)CC1. The first-order valence-electron chi connectivity index (χ1n) is 5.55. The third-order valence-electron chi connectivity index (χ3n) is 3.04. The fourth-order valence-corrected chi connectivity index (χ4v) is 1.95. The summed E-state index contributed by atoms with van der Waals surface area (Å²) in [5.74, 6) is 1.46. The van der Waals surface area contributed by atoms with Gasteiger partial charge in [0.05, 0.1) is 0 Å². The Balaban J connectivity index is 2.27. The second-order valence-corrected chi connectivity index (χ2v) is 4.39. The Morgan fingerprint density at radius 2 is 2.00 bits per heavy atom. The molecule has 0 aromatic heterocycles. The van der Waals surface area contributed by atoms with Crippen LogP contribution in [0.25, 0.3) is 0 Å². The smallest absolute Gasteiger partial charge is 0.411 e. The highest BCUT2D eigenvalue weighted by atomic mass is 16.7. The number of amides is 1. The van der Waals surface area contributed by atoms with E-state index >= 15 is 0 Å². The predicted molar refractivity (Wildman–Crippen MR) is 57.5 cm³/mol. The van der Waals surface area contributed by atoms with Gasteiger partial charge in [0.25, 0.3) is 0 Å². The molecule has 15 heavy (non-hydrogen) atoms. The van der Waals surface area contributed by atoms with Gasteiger partial charge in [-0.1, -0.05) is 13.8 Å². The van der Waals surface area contributed by atoms with E-state index in [1.165, 1.54) is 7.11 Å². The van der Waals surface area contributed by atoms with Gasteiger partial charge in [0.2, 0.25) is 0 Å². The van der Waals surface area contributed by atoms with Crippen molar-refractivity contribution in [1.82, 2.24) is 4.90 Å². The first kappa shape index (κ1) is 12.3. The average Bonchev–Trinajstić information content (AvgIpc) is 2.26. The van der Waals surface area contributed by atoms with Crippen LogP contribution >= 0.6 is 0 Å². The number of hydrogen-bond acceptors (Lipinski definition) is 3. The Kier molecular flexibility index (Phi) is 4.88. The highest BCUT2D eigenvalue weighted by molar-refractivity contribution is 5.67. The summed E-state index contributed by atoms with van der Waals surface area (Å²) in [5, 5.41) is 0. The standard InChI is InChI=1S/C11H21NO3/c1-9(2)10-4-6-12(7-5-10)11(13)15-8-14-3/h9-10H,4-8H2,1-3H3. The number of methoxy groups -OCH3 is 1. The molecule has 0 aromatic carbocycles.